The fourth-order valence-corrected chi connectivity index (χ4v) is 2.77. The van der Waals surface area contributed by atoms with Crippen molar-refractivity contribution in [3.63, 3.8) is 0 Å². The molecule has 0 fully saturated rings. The van der Waals surface area contributed by atoms with E-state index in [4.69, 9.17) is 0 Å². The number of fused-ring (bicyclic) bond motifs is 1. The zero-order valence-corrected chi connectivity index (χ0v) is 15.7. The molecule has 0 radical (unpaired) electrons. The number of carbonyl (C=O) groups excluding carboxylic acids is 1. The van der Waals surface area contributed by atoms with E-state index in [2.05, 4.69) is 39.2 Å². The highest BCUT2D eigenvalue weighted by Crippen LogP contribution is 2.15. The minimum atomic E-state index is -0.0970. The van der Waals surface area contributed by atoms with Crippen LogP contribution in [-0.2, 0) is 0 Å². The molecule has 1 amide bonds. The van der Waals surface area contributed by atoms with Gasteiger partial charge in [0, 0.05) is 30.9 Å². The number of anilines is 1. The summed E-state index contributed by atoms with van der Waals surface area (Å²) in [6.45, 7) is 6.51. The Morgan fingerprint density at radius 3 is 2.38 bits per heavy atom. The van der Waals surface area contributed by atoms with E-state index in [1.165, 1.54) is 0 Å². The first-order valence-electron chi connectivity index (χ1n) is 8.77. The van der Waals surface area contributed by atoms with E-state index >= 15 is 0 Å². The van der Waals surface area contributed by atoms with E-state index in [-0.39, 0.29) is 11.9 Å². The van der Waals surface area contributed by atoms with Crippen LogP contribution in [0, 0.1) is 13.8 Å². The van der Waals surface area contributed by atoms with Gasteiger partial charge >= 0.3 is 0 Å². The van der Waals surface area contributed by atoms with Crippen molar-refractivity contribution in [1.82, 2.24) is 15.3 Å². The number of hydrogen-bond donors (Lipinski definition) is 1. The second kappa shape index (κ2) is 7.52. The van der Waals surface area contributed by atoms with Crippen LogP contribution in [0.2, 0.25) is 0 Å². The number of aromatic nitrogens is 2. The molecule has 26 heavy (non-hydrogen) atoms. The lowest BCUT2D eigenvalue weighted by Gasteiger charge is -2.27. The molecule has 0 aliphatic heterocycles. The highest BCUT2D eigenvalue weighted by atomic mass is 16.1. The average Bonchev–Trinajstić information content (AvgIpc) is 2.66. The molecule has 5 nitrogen and oxygen atoms in total. The number of aryl methyl sites for hydroxylation is 2. The third kappa shape index (κ3) is 3.82. The van der Waals surface area contributed by atoms with Crippen molar-refractivity contribution >= 4 is 22.6 Å². The van der Waals surface area contributed by atoms with Crippen LogP contribution in [0.15, 0.2) is 48.5 Å². The van der Waals surface area contributed by atoms with Gasteiger partial charge < -0.3 is 10.2 Å². The van der Waals surface area contributed by atoms with Gasteiger partial charge in [-0.05, 0) is 51.1 Å². The molecule has 0 aliphatic rings. The SMILES string of the molecule is Cc1nc2ccc(C(=O)NCC(C)N(C)c3ccccc3)cc2nc1C. The van der Waals surface area contributed by atoms with Crippen molar-refractivity contribution in [3.05, 3.63) is 65.5 Å². The highest BCUT2D eigenvalue weighted by molar-refractivity contribution is 5.97. The van der Waals surface area contributed by atoms with E-state index in [1.807, 2.05) is 45.2 Å². The van der Waals surface area contributed by atoms with Gasteiger partial charge in [0.2, 0.25) is 0 Å². The quantitative estimate of drug-likeness (QED) is 0.767. The van der Waals surface area contributed by atoms with Crippen molar-refractivity contribution in [2.24, 2.45) is 0 Å². The summed E-state index contributed by atoms with van der Waals surface area (Å²) in [6.07, 6.45) is 0. The summed E-state index contributed by atoms with van der Waals surface area (Å²) in [6, 6.07) is 15.8. The summed E-state index contributed by atoms with van der Waals surface area (Å²) < 4.78 is 0. The molecule has 1 heterocycles. The summed E-state index contributed by atoms with van der Waals surface area (Å²) in [5.74, 6) is -0.0970. The second-order valence-electron chi connectivity index (χ2n) is 6.60. The number of benzene rings is 2. The van der Waals surface area contributed by atoms with E-state index in [9.17, 15) is 4.79 Å². The van der Waals surface area contributed by atoms with Gasteiger partial charge in [-0.1, -0.05) is 18.2 Å². The fraction of sp³-hybridized carbons (Fsp3) is 0.286. The van der Waals surface area contributed by atoms with Crippen LogP contribution in [0.1, 0.15) is 28.7 Å². The highest BCUT2D eigenvalue weighted by Gasteiger charge is 2.13. The topological polar surface area (TPSA) is 58.1 Å². The Morgan fingerprint density at radius 2 is 1.69 bits per heavy atom. The van der Waals surface area contributed by atoms with Gasteiger partial charge in [-0.3, -0.25) is 4.79 Å². The van der Waals surface area contributed by atoms with Crippen LogP contribution in [0.25, 0.3) is 11.0 Å². The predicted molar refractivity (Wildman–Crippen MR) is 106 cm³/mol. The number of nitrogens with zero attached hydrogens (tertiary/aromatic N) is 3. The number of hydrogen-bond acceptors (Lipinski definition) is 4. The Hall–Kier alpha value is -2.95. The largest absolute Gasteiger partial charge is 0.370 e. The molecule has 3 aromatic rings. The molecular weight excluding hydrogens is 324 g/mol. The van der Waals surface area contributed by atoms with E-state index < -0.39 is 0 Å². The number of carbonyl (C=O) groups is 1. The molecule has 1 unspecified atom stereocenters. The Kier molecular flexibility index (Phi) is 5.16. The van der Waals surface area contributed by atoms with Gasteiger partial charge in [-0.25, -0.2) is 9.97 Å². The summed E-state index contributed by atoms with van der Waals surface area (Å²) in [5.41, 5.74) is 5.07. The van der Waals surface area contributed by atoms with E-state index in [1.54, 1.807) is 12.1 Å². The number of rotatable bonds is 5. The summed E-state index contributed by atoms with van der Waals surface area (Å²) in [4.78, 5) is 23.7. The van der Waals surface area contributed by atoms with Crippen molar-refractivity contribution in [2.45, 2.75) is 26.8 Å². The smallest absolute Gasteiger partial charge is 0.251 e. The van der Waals surface area contributed by atoms with Gasteiger partial charge in [-0.15, -0.1) is 0 Å². The molecule has 0 saturated carbocycles. The molecule has 5 heteroatoms. The lowest BCUT2D eigenvalue weighted by Crippen LogP contribution is -2.40. The number of amides is 1. The molecule has 0 aliphatic carbocycles. The molecule has 1 N–H and O–H groups in total. The van der Waals surface area contributed by atoms with Crippen LogP contribution in [-0.4, -0.2) is 35.5 Å². The van der Waals surface area contributed by atoms with Crippen molar-refractivity contribution in [2.75, 3.05) is 18.5 Å². The first-order chi connectivity index (χ1) is 12.5. The predicted octanol–water partition coefficient (Wildman–Crippen LogP) is 3.50. The fourth-order valence-electron chi connectivity index (χ4n) is 2.77. The second-order valence-corrected chi connectivity index (χ2v) is 6.60. The Bertz CT molecular complexity index is 924. The van der Waals surface area contributed by atoms with Gasteiger partial charge in [-0.2, -0.15) is 0 Å². The first kappa shape index (κ1) is 17.9. The van der Waals surface area contributed by atoms with Crippen LogP contribution < -0.4 is 10.2 Å². The minimum Gasteiger partial charge on any atom is -0.370 e. The number of para-hydroxylation sites is 1. The lowest BCUT2D eigenvalue weighted by molar-refractivity contribution is 0.0952. The maximum absolute atomic E-state index is 12.5. The maximum atomic E-state index is 12.5. The van der Waals surface area contributed by atoms with Gasteiger partial charge in [0.15, 0.2) is 0 Å². The van der Waals surface area contributed by atoms with Crippen molar-refractivity contribution in [1.29, 1.82) is 0 Å². The van der Waals surface area contributed by atoms with Crippen molar-refractivity contribution < 1.29 is 4.79 Å². The first-order valence-corrected chi connectivity index (χ1v) is 8.77. The van der Waals surface area contributed by atoms with Crippen LogP contribution in [0.5, 0.6) is 0 Å². The molecule has 3 rings (SSSR count). The zero-order valence-electron chi connectivity index (χ0n) is 15.7. The monoisotopic (exact) mass is 348 g/mol. The average molecular weight is 348 g/mol. The van der Waals surface area contributed by atoms with Crippen LogP contribution in [0.3, 0.4) is 0 Å². The third-order valence-electron chi connectivity index (χ3n) is 4.72. The Morgan fingerprint density at radius 1 is 1.04 bits per heavy atom. The summed E-state index contributed by atoms with van der Waals surface area (Å²) in [7, 11) is 2.03. The van der Waals surface area contributed by atoms with E-state index in [0.29, 0.717) is 12.1 Å². The standard InChI is InChI=1S/C21H24N4O/c1-14(25(4)18-8-6-5-7-9-18)13-22-21(26)17-10-11-19-20(12-17)24-16(3)15(2)23-19/h5-12,14H,13H2,1-4H3,(H,22,26). The van der Waals surface area contributed by atoms with Gasteiger partial charge in [0.25, 0.3) is 5.91 Å². The van der Waals surface area contributed by atoms with Crippen LogP contribution in [0.4, 0.5) is 5.69 Å². The van der Waals surface area contributed by atoms with Gasteiger partial charge in [0.05, 0.1) is 22.4 Å². The Labute approximate surface area is 154 Å². The molecule has 1 aromatic heterocycles. The van der Waals surface area contributed by atoms with Crippen LogP contribution >= 0.6 is 0 Å². The maximum Gasteiger partial charge on any atom is 0.251 e. The molecule has 0 saturated heterocycles. The van der Waals surface area contributed by atoms with Gasteiger partial charge in [0.1, 0.15) is 0 Å². The molecule has 2 aromatic carbocycles. The Balaban J connectivity index is 1.68. The molecular formula is C21H24N4O. The number of likely N-dealkylation sites (N-methyl/N-ethyl adjacent to an activating group) is 1. The normalized spacial score (nSPS) is 12.0. The molecule has 0 bridgehead atoms. The van der Waals surface area contributed by atoms with Crippen molar-refractivity contribution in [3.8, 4) is 0 Å². The third-order valence-corrected chi connectivity index (χ3v) is 4.72. The molecule has 134 valence electrons. The minimum absolute atomic E-state index is 0.0970. The summed E-state index contributed by atoms with van der Waals surface area (Å²) >= 11 is 0. The molecule has 1 atom stereocenters. The lowest BCUT2D eigenvalue weighted by atomic mass is 10.1. The van der Waals surface area contributed by atoms with E-state index in [0.717, 1.165) is 28.1 Å². The zero-order chi connectivity index (χ0) is 18.7. The number of nitrogens with one attached hydrogen (secondary N) is 1. The summed E-state index contributed by atoms with van der Waals surface area (Å²) in [5, 5.41) is 3.01. The molecule has 0 spiro atoms.